The van der Waals surface area contributed by atoms with Gasteiger partial charge in [-0.05, 0) is 30.5 Å². The molecular weight excluding hydrogens is 296 g/mol. The van der Waals surface area contributed by atoms with E-state index in [4.69, 9.17) is 0 Å². The summed E-state index contributed by atoms with van der Waals surface area (Å²) in [6.07, 6.45) is 3.79. The van der Waals surface area contributed by atoms with Crippen molar-refractivity contribution in [3.8, 4) is 0 Å². The summed E-state index contributed by atoms with van der Waals surface area (Å²) in [5, 5.41) is 4.98. The van der Waals surface area contributed by atoms with E-state index < -0.39 is 0 Å². The van der Waals surface area contributed by atoms with Crippen molar-refractivity contribution >= 4 is 23.0 Å². The lowest BCUT2D eigenvalue weighted by Gasteiger charge is -2.21. The van der Waals surface area contributed by atoms with Crippen LogP contribution >= 0.6 is 11.3 Å². The largest absolute Gasteiger partial charge is 0.333 e. The molecular formula is C16H18N4OS. The number of rotatable bonds is 5. The highest BCUT2D eigenvalue weighted by Crippen LogP contribution is 2.10. The molecule has 3 rings (SSSR count). The van der Waals surface area contributed by atoms with E-state index in [9.17, 15) is 4.79 Å². The highest BCUT2D eigenvalue weighted by molar-refractivity contribution is 7.09. The van der Waals surface area contributed by atoms with Crippen molar-refractivity contribution in [2.45, 2.75) is 20.0 Å². The van der Waals surface area contributed by atoms with Gasteiger partial charge in [-0.3, -0.25) is 0 Å². The van der Waals surface area contributed by atoms with Gasteiger partial charge in [-0.15, -0.1) is 11.3 Å². The van der Waals surface area contributed by atoms with Gasteiger partial charge in [-0.25, -0.2) is 9.78 Å². The molecule has 3 aromatic rings. The number of pyridine rings is 1. The summed E-state index contributed by atoms with van der Waals surface area (Å²) in [7, 11) is 0. The van der Waals surface area contributed by atoms with Gasteiger partial charge < -0.3 is 14.6 Å². The van der Waals surface area contributed by atoms with Crippen molar-refractivity contribution in [3.05, 3.63) is 58.7 Å². The molecule has 0 aliphatic heterocycles. The second-order valence-electron chi connectivity index (χ2n) is 4.93. The van der Waals surface area contributed by atoms with Gasteiger partial charge >= 0.3 is 6.03 Å². The highest BCUT2D eigenvalue weighted by atomic mass is 32.1. The van der Waals surface area contributed by atoms with Crippen molar-refractivity contribution in [1.29, 1.82) is 0 Å². The topological polar surface area (TPSA) is 49.6 Å². The number of carbonyl (C=O) groups is 1. The molecule has 0 bridgehead atoms. The number of fused-ring (bicyclic) bond motifs is 1. The normalized spacial score (nSPS) is 10.8. The Morgan fingerprint density at radius 3 is 3.05 bits per heavy atom. The van der Waals surface area contributed by atoms with E-state index in [1.165, 1.54) is 0 Å². The monoisotopic (exact) mass is 314 g/mol. The van der Waals surface area contributed by atoms with Gasteiger partial charge in [-0.1, -0.05) is 12.1 Å². The van der Waals surface area contributed by atoms with Crippen LogP contribution in [0.1, 0.15) is 17.5 Å². The maximum Gasteiger partial charge on any atom is 0.318 e. The lowest BCUT2D eigenvalue weighted by Crippen LogP contribution is -2.39. The fraction of sp³-hybridized carbons (Fsp3) is 0.250. The predicted octanol–water partition coefficient (Wildman–Crippen LogP) is 3.13. The summed E-state index contributed by atoms with van der Waals surface area (Å²) < 4.78 is 2.01. The zero-order valence-corrected chi connectivity index (χ0v) is 13.2. The van der Waals surface area contributed by atoms with Crippen LogP contribution in [-0.4, -0.2) is 26.9 Å². The molecule has 0 unspecified atom stereocenters. The molecule has 3 heterocycles. The minimum absolute atomic E-state index is 0.0539. The van der Waals surface area contributed by atoms with E-state index in [1.54, 1.807) is 16.2 Å². The highest BCUT2D eigenvalue weighted by Gasteiger charge is 2.14. The molecule has 1 N–H and O–H groups in total. The third kappa shape index (κ3) is 3.12. The molecule has 0 saturated heterocycles. The Morgan fingerprint density at radius 1 is 1.36 bits per heavy atom. The average molecular weight is 314 g/mol. The van der Waals surface area contributed by atoms with Crippen molar-refractivity contribution in [3.63, 3.8) is 0 Å². The Kier molecular flexibility index (Phi) is 4.39. The van der Waals surface area contributed by atoms with E-state index in [0.717, 1.165) is 16.2 Å². The Morgan fingerprint density at radius 2 is 2.27 bits per heavy atom. The second-order valence-corrected chi connectivity index (χ2v) is 5.96. The van der Waals surface area contributed by atoms with Crippen molar-refractivity contribution in [2.75, 3.05) is 6.54 Å². The number of thiophene rings is 1. The molecule has 0 spiro atoms. The van der Waals surface area contributed by atoms with Crippen LogP contribution < -0.4 is 5.32 Å². The van der Waals surface area contributed by atoms with Gasteiger partial charge in [0.05, 0.1) is 25.0 Å². The number of hydrogen-bond acceptors (Lipinski definition) is 3. The average Bonchev–Trinajstić information content (AvgIpc) is 3.20. The fourth-order valence-electron chi connectivity index (χ4n) is 2.31. The number of carbonyl (C=O) groups excluding carboxylic acids is 1. The van der Waals surface area contributed by atoms with Gasteiger partial charge in [0.2, 0.25) is 0 Å². The first-order valence-electron chi connectivity index (χ1n) is 7.24. The summed E-state index contributed by atoms with van der Waals surface area (Å²) in [5.41, 5.74) is 1.90. The first-order chi connectivity index (χ1) is 10.8. The first-order valence-corrected chi connectivity index (χ1v) is 8.12. The van der Waals surface area contributed by atoms with Gasteiger partial charge in [0.1, 0.15) is 5.65 Å². The summed E-state index contributed by atoms with van der Waals surface area (Å²) in [6.45, 7) is 3.74. The zero-order valence-electron chi connectivity index (χ0n) is 12.4. The zero-order chi connectivity index (χ0) is 15.4. The van der Waals surface area contributed by atoms with E-state index in [0.29, 0.717) is 19.6 Å². The molecule has 0 fully saturated rings. The molecule has 6 heteroatoms. The SMILES string of the molecule is CCN(Cc1cnc2ccccn12)C(=O)NCc1cccs1. The maximum absolute atomic E-state index is 12.3. The van der Waals surface area contributed by atoms with Crippen molar-refractivity contribution < 1.29 is 4.79 Å². The summed E-state index contributed by atoms with van der Waals surface area (Å²) in [4.78, 5) is 19.6. The molecule has 114 valence electrons. The van der Waals surface area contributed by atoms with Gasteiger partial charge in [0, 0.05) is 17.6 Å². The van der Waals surface area contributed by atoms with Crippen LogP contribution in [0.5, 0.6) is 0 Å². The number of hydrogen-bond donors (Lipinski definition) is 1. The fourth-order valence-corrected chi connectivity index (χ4v) is 2.96. The number of amides is 2. The number of imidazole rings is 1. The molecule has 0 saturated carbocycles. The third-order valence-corrected chi connectivity index (χ3v) is 4.39. The van der Waals surface area contributed by atoms with Crippen LogP contribution in [0.3, 0.4) is 0 Å². The standard InChI is InChI=1S/C16H18N4OS/c1-2-19(16(21)18-11-14-6-5-9-22-14)12-13-10-17-15-7-3-4-8-20(13)15/h3-10H,2,11-12H2,1H3,(H,18,21). The molecule has 0 aliphatic carbocycles. The Hall–Kier alpha value is -2.34. The van der Waals surface area contributed by atoms with Crippen LogP contribution in [0.25, 0.3) is 5.65 Å². The minimum atomic E-state index is -0.0539. The van der Waals surface area contributed by atoms with E-state index in [2.05, 4.69) is 10.3 Å². The molecule has 2 amide bonds. The maximum atomic E-state index is 12.3. The molecule has 3 aromatic heterocycles. The predicted molar refractivity (Wildman–Crippen MR) is 87.8 cm³/mol. The minimum Gasteiger partial charge on any atom is -0.333 e. The molecule has 0 aliphatic rings. The van der Waals surface area contributed by atoms with Crippen LogP contribution in [0.4, 0.5) is 4.79 Å². The first kappa shape index (κ1) is 14.6. The van der Waals surface area contributed by atoms with E-state index in [-0.39, 0.29) is 6.03 Å². The number of urea groups is 1. The second kappa shape index (κ2) is 6.62. The van der Waals surface area contributed by atoms with E-state index in [1.807, 2.05) is 59.4 Å². The van der Waals surface area contributed by atoms with Crippen LogP contribution in [0.2, 0.25) is 0 Å². The van der Waals surface area contributed by atoms with Gasteiger partial charge in [0.15, 0.2) is 0 Å². The Balaban J connectivity index is 1.67. The quantitative estimate of drug-likeness (QED) is 0.786. The molecule has 5 nitrogen and oxygen atoms in total. The van der Waals surface area contributed by atoms with Crippen LogP contribution in [0.15, 0.2) is 48.1 Å². The Labute approximate surface area is 133 Å². The molecule has 22 heavy (non-hydrogen) atoms. The third-order valence-electron chi connectivity index (χ3n) is 3.51. The number of nitrogens with one attached hydrogen (secondary N) is 1. The Bertz CT molecular complexity index is 750. The van der Waals surface area contributed by atoms with Gasteiger partial charge in [0.25, 0.3) is 0 Å². The lowest BCUT2D eigenvalue weighted by molar-refractivity contribution is 0.197. The molecule has 0 aromatic carbocycles. The molecule has 0 radical (unpaired) electrons. The smallest absolute Gasteiger partial charge is 0.318 e. The van der Waals surface area contributed by atoms with Crippen LogP contribution in [0, 0.1) is 0 Å². The summed E-state index contributed by atoms with van der Waals surface area (Å²) in [6, 6.07) is 9.83. The van der Waals surface area contributed by atoms with Crippen molar-refractivity contribution in [1.82, 2.24) is 19.6 Å². The van der Waals surface area contributed by atoms with E-state index >= 15 is 0 Å². The summed E-state index contributed by atoms with van der Waals surface area (Å²) in [5.74, 6) is 0. The lowest BCUT2D eigenvalue weighted by atomic mass is 10.4. The molecule has 0 atom stereocenters. The number of aromatic nitrogens is 2. The van der Waals surface area contributed by atoms with Crippen LogP contribution in [-0.2, 0) is 13.1 Å². The van der Waals surface area contributed by atoms with Crippen molar-refractivity contribution in [2.24, 2.45) is 0 Å². The number of nitrogens with zero attached hydrogens (tertiary/aromatic N) is 3. The van der Waals surface area contributed by atoms with Gasteiger partial charge in [-0.2, -0.15) is 0 Å². The summed E-state index contributed by atoms with van der Waals surface area (Å²) >= 11 is 1.64.